The molecule has 48 heavy (non-hydrogen) atoms. The monoisotopic (exact) mass is 691 g/mol. The number of hydrogen-bond acceptors (Lipinski definition) is 7. The number of nitrogens with zero attached hydrogens (tertiary/aromatic N) is 2. The Balaban J connectivity index is 1.66. The highest BCUT2D eigenvalue weighted by Crippen LogP contribution is 2.39. The van der Waals surface area contributed by atoms with Crippen molar-refractivity contribution in [2.45, 2.75) is 31.7 Å². The molecule has 1 aliphatic rings. The molecule has 3 heterocycles. The van der Waals surface area contributed by atoms with Crippen LogP contribution in [0.5, 0.6) is 17.5 Å². The minimum atomic E-state index is -1.46. The van der Waals surface area contributed by atoms with Gasteiger partial charge in [0.15, 0.2) is 9.54 Å². The lowest BCUT2D eigenvalue weighted by Gasteiger charge is -2.28. The molecule has 1 fully saturated rings. The molecular formula is C34H31F2N5O5S2. The highest BCUT2D eigenvalue weighted by molar-refractivity contribution is 7.71. The van der Waals surface area contributed by atoms with Gasteiger partial charge in [-0.25, -0.2) is 8.78 Å². The summed E-state index contributed by atoms with van der Waals surface area (Å²) in [4.78, 5) is 34.0. The van der Waals surface area contributed by atoms with E-state index in [1.165, 1.54) is 29.2 Å². The van der Waals surface area contributed by atoms with Crippen molar-refractivity contribution in [2.24, 2.45) is 0 Å². The Kier molecular flexibility index (Phi) is 9.40. The van der Waals surface area contributed by atoms with E-state index in [0.717, 1.165) is 71.3 Å². The Bertz CT molecular complexity index is 2100. The number of likely N-dealkylation sites (tertiary alicyclic amines) is 1. The third kappa shape index (κ3) is 6.33. The van der Waals surface area contributed by atoms with Crippen LogP contribution >= 0.6 is 24.4 Å². The summed E-state index contributed by atoms with van der Waals surface area (Å²) in [6.45, 7) is 2.49. The lowest BCUT2D eigenvalue weighted by molar-refractivity contribution is -0.918. The Labute approximate surface area is 283 Å². The van der Waals surface area contributed by atoms with Crippen LogP contribution in [0.25, 0.3) is 11.4 Å². The second kappa shape index (κ2) is 13.7. The van der Waals surface area contributed by atoms with Crippen LogP contribution in [-0.2, 0) is 6.54 Å². The van der Waals surface area contributed by atoms with Gasteiger partial charge in [-0.1, -0.05) is 6.07 Å². The molecule has 0 aliphatic carbocycles. The van der Waals surface area contributed by atoms with Gasteiger partial charge in [-0.2, -0.15) is 0 Å². The van der Waals surface area contributed by atoms with Crippen molar-refractivity contribution in [2.75, 3.05) is 20.2 Å². The molecule has 1 atom stereocenters. The number of piperidine rings is 1. The number of aromatic nitrogens is 4. The molecule has 1 aliphatic heterocycles. The topological polar surface area (TPSA) is 133 Å². The second-order valence-electron chi connectivity index (χ2n) is 11.6. The predicted octanol–water partition coefficient (Wildman–Crippen LogP) is 3.92. The number of ether oxygens (including phenoxy) is 1. The molecule has 0 bridgehead atoms. The fourth-order valence-electron chi connectivity index (χ4n) is 6.33. The largest absolute Gasteiger partial charge is 0.859 e. The number of nitrogens with one attached hydrogen (secondary N) is 3. The Morgan fingerprint density at radius 3 is 1.98 bits per heavy atom. The van der Waals surface area contributed by atoms with Gasteiger partial charge < -0.3 is 24.4 Å². The maximum atomic E-state index is 14.4. The minimum absolute atomic E-state index is 0.173. The van der Waals surface area contributed by atoms with Crippen molar-refractivity contribution in [1.82, 2.24) is 19.1 Å². The average Bonchev–Trinajstić information content (AvgIpc) is 3.06. The Morgan fingerprint density at radius 2 is 1.40 bits per heavy atom. The number of H-pyrrole nitrogens is 2. The molecule has 0 radical (unpaired) electrons. The summed E-state index contributed by atoms with van der Waals surface area (Å²) in [5, 5.41) is 26.2. The fourth-order valence-corrected chi connectivity index (χ4v) is 6.90. The highest BCUT2D eigenvalue weighted by Gasteiger charge is 2.31. The Hall–Kier alpha value is -4.92. The number of aromatic hydroxyl groups is 1. The summed E-state index contributed by atoms with van der Waals surface area (Å²) in [6.07, 6.45) is 3.30. The molecule has 5 aromatic rings. The molecule has 1 saturated heterocycles. The molecule has 10 nitrogen and oxygen atoms in total. The van der Waals surface area contributed by atoms with E-state index in [-0.39, 0.29) is 26.5 Å². The van der Waals surface area contributed by atoms with Gasteiger partial charge in [0.2, 0.25) is 5.88 Å². The lowest BCUT2D eigenvalue weighted by Crippen LogP contribution is -3.11. The number of hydrogen-bond donors (Lipinski definition) is 4. The first-order valence-electron chi connectivity index (χ1n) is 15.2. The number of halogens is 2. The first-order valence-corrected chi connectivity index (χ1v) is 16.1. The zero-order valence-electron chi connectivity index (χ0n) is 25.7. The van der Waals surface area contributed by atoms with E-state index in [9.17, 15) is 28.6 Å². The van der Waals surface area contributed by atoms with Gasteiger partial charge in [0.1, 0.15) is 23.9 Å². The van der Waals surface area contributed by atoms with Gasteiger partial charge in [-0.3, -0.25) is 24.1 Å². The van der Waals surface area contributed by atoms with Crippen LogP contribution in [0.15, 0.2) is 76.3 Å². The van der Waals surface area contributed by atoms with Crippen molar-refractivity contribution in [3.05, 3.63) is 131 Å². The third-order valence-electron chi connectivity index (χ3n) is 8.61. The Morgan fingerprint density at radius 1 is 0.854 bits per heavy atom. The van der Waals surface area contributed by atoms with Crippen molar-refractivity contribution in [3.8, 4) is 28.9 Å². The van der Waals surface area contributed by atoms with Crippen molar-refractivity contribution in [3.63, 3.8) is 0 Å². The maximum absolute atomic E-state index is 14.4. The van der Waals surface area contributed by atoms with Crippen molar-refractivity contribution >= 4 is 24.4 Å². The molecule has 2 aromatic heterocycles. The van der Waals surface area contributed by atoms with E-state index in [1.54, 1.807) is 25.3 Å². The van der Waals surface area contributed by atoms with E-state index >= 15 is 0 Å². The summed E-state index contributed by atoms with van der Waals surface area (Å²) in [7, 11) is 1.54. The van der Waals surface area contributed by atoms with Gasteiger partial charge in [0.05, 0.1) is 37.4 Å². The molecule has 0 spiro atoms. The SMILES string of the molecule is COc1ccc(C(c2c([O-])n(-c3ccc(F)cc3)c(=S)[nH]c2=O)c2c(O)n(-c3ccc(F)cc3)c(=S)[nH]c2=O)cc1C[NH+]1CCCCC1. The van der Waals surface area contributed by atoms with Gasteiger partial charge >= 0.3 is 0 Å². The predicted molar refractivity (Wildman–Crippen MR) is 178 cm³/mol. The second-order valence-corrected chi connectivity index (χ2v) is 12.4. The lowest BCUT2D eigenvalue weighted by atomic mass is 9.85. The standard InChI is InChI=1S/C34H31F2N5O5S2/c1-46-25-14-5-19(17-20(25)18-39-15-3-2-4-16-39)26(27-29(42)37-33(47)40(31(27)44)23-10-6-21(35)7-11-23)28-30(43)38-34(48)41(32(28)45)24-12-8-22(36)9-13-24/h5-14,17,26,44-45H,2-4,15-16,18H2,1H3,(H,37,42,47)(H,38,43,48). The fraction of sp³-hybridized carbons (Fsp3) is 0.235. The van der Waals surface area contributed by atoms with Crippen LogP contribution < -0.4 is 25.9 Å². The van der Waals surface area contributed by atoms with Crippen LogP contribution in [0, 0.1) is 21.2 Å². The zero-order valence-corrected chi connectivity index (χ0v) is 27.4. The average molecular weight is 692 g/mol. The van der Waals surface area contributed by atoms with Gasteiger partial charge in [0.25, 0.3) is 11.1 Å². The number of quaternary nitrogens is 1. The van der Waals surface area contributed by atoms with E-state index in [2.05, 4.69) is 9.97 Å². The van der Waals surface area contributed by atoms with E-state index in [1.807, 2.05) is 0 Å². The molecule has 4 N–H and O–H groups in total. The smallest absolute Gasteiger partial charge is 0.259 e. The van der Waals surface area contributed by atoms with Crippen LogP contribution in [0.2, 0.25) is 0 Å². The van der Waals surface area contributed by atoms with Crippen LogP contribution in [0.4, 0.5) is 8.78 Å². The molecule has 0 amide bonds. The van der Waals surface area contributed by atoms with Crippen LogP contribution in [-0.4, -0.2) is 44.4 Å². The summed E-state index contributed by atoms with van der Waals surface area (Å²) in [5.41, 5.74) is -1.04. The number of rotatable bonds is 8. The zero-order chi connectivity index (χ0) is 34.1. The molecule has 248 valence electrons. The maximum Gasteiger partial charge on any atom is 0.259 e. The van der Waals surface area contributed by atoms with E-state index < -0.39 is 46.0 Å². The minimum Gasteiger partial charge on any atom is -0.859 e. The summed E-state index contributed by atoms with van der Waals surface area (Å²) >= 11 is 10.7. The molecule has 3 aromatic carbocycles. The molecule has 6 rings (SSSR count). The molecule has 14 heteroatoms. The number of methoxy groups -OCH3 is 1. The van der Waals surface area contributed by atoms with Gasteiger partial charge in [-0.05, 0) is 116 Å². The van der Waals surface area contributed by atoms with E-state index in [4.69, 9.17) is 29.2 Å². The normalized spacial score (nSPS) is 14.1. The summed E-state index contributed by atoms with van der Waals surface area (Å²) in [5.74, 6) is -3.51. The number of aromatic amines is 2. The number of benzene rings is 3. The quantitative estimate of drug-likeness (QED) is 0.182. The molecule has 0 saturated carbocycles. The third-order valence-corrected chi connectivity index (χ3v) is 9.18. The first-order chi connectivity index (χ1) is 23.1. The van der Waals surface area contributed by atoms with Crippen molar-refractivity contribution < 1.29 is 28.6 Å². The van der Waals surface area contributed by atoms with Crippen molar-refractivity contribution in [1.29, 1.82) is 0 Å². The van der Waals surface area contributed by atoms with Crippen LogP contribution in [0.1, 0.15) is 47.4 Å². The molecular weight excluding hydrogens is 661 g/mol. The first kappa shape index (κ1) is 33.0. The summed E-state index contributed by atoms with van der Waals surface area (Å²) < 4.78 is 35.0. The van der Waals surface area contributed by atoms with Gasteiger partial charge in [-0.15, -0.1) is 0 Å². The summed E-state index contributed by atoms with van der Waals surface area (Å²) in [6, 6.07) is 15.0. The van der Waals surface area contributed by atoms with E-state index in [0.29, 0.717) is 17.9 Å². The highest BCUT2D eigenvalue weighted by atomic mass is 32.1. The van der Waals surface area contributed by atoms with Gasteiger partial charge in [0, 0.05) is 16.8 Å². The van der Waals surface area contributed by atoms with Crippen LogP contribution in [0.3, 0.4) is 0 Å². The molecule has 1 unspecified atom stereocenters.